The summed E-state index contributed by atoms with van der Waals surface area (Å²) in [7, 11) is 0. The molecule has 1 heterocycles. The van der Waals surface area contributed by atoms with E-state index in [0.717, 1.165) is 5.56 Å². The molecule has 0 bridgehead atoms. The van der Waals surface area contributed by atoms with E-state index in [4.69, 9.17) is 11.6 Å². The molecule has 0 aliphatic rings. The van der Waals surface area contributed by atoms with Crippen molar-refractivity contribution in [2.75, 3.05) is 6.54 Å². The van der Waals surface area contributed by atoms with E-state index in [9.17, 15) is 9.59 Å². The summed E-state index contributed by atoms with van der Waals surface area (Å²) in [6.45, 7) is 4.76. The molecule has 3 aromatic rings. The van der Waals surface area contributed by atoms with E-state index in [1.165, 1.54) is 0 Å². The zero-order chi connectivity index (χ0) is 19.4. The van der Waals surface area contributed by atoms with Crippen LogP contribution in [0.3, 0.4) is 0 Å². The lowest BCUT2D eigenvalue weighted by atomic mass is 9.97. The average molecular weight is 384 g/mol. The topological polar surface area (TPSA) is 66.1 Å². The van der Waals surface area contributed by atoms with E-state index in [1.54, 1.807) is 23.1 Å². The summed E-state index contributed by atoms with van der Waals surface area (Å²) in [5.41, 5.74) is 1.43. The highest BCUT2D eigenvalue weighted by atomic mass is 35.5. The van der Waals surface area contributed by atoms with Gasteiger partial charge in [0.2, 0.25) is 5.91 Å². The Bertz CT molecular complexity index is 1000. The van der Waals surface area contributed by atoms with Crippen LogP contribution in [0.1, 0.15) is 37.6 Å². The maximum Gasteiger partial charge on any atom is 0.258 e. The van der Waals surface area contributed by atoms with Crippen LogP contribution in [0.5, 0.6) is 0 Å². The monoisotopic (exact) mass is 383 g/mol. The standard InChI is InChI=1S/C21H22ClN3O2/c1-3-25(20(26)11-14(2)15-7-5-4-6-8-15)13-19-23-18-12-16(22)9-10-17(18)21(27)24-19/h4-10,12,14H,3,11,13H2,1-2H3,(H,23,24,27)/t14-/m0/s1. The van der Waals surface area contributed by atoms with Crippen LogP contribution in [0.25, 0.3) is 10.9 Å². The van der Waals surface area contributed by atoms with E-state index in [0.29, 0.717) is 34.7 Å². The first-order chi connectivity index (χ1) is 13.0. The number of nitrogens with zero attached hydrogens (tertiary/aromatic N) is 2. The molecular weight excluding hydrogens is 362 g/mol. The molecule has 0 radical (unpaired) electrons. The zero-order valence-corrected chi connectivity index (χ0v) is 16.2. The molecule has 0 saturated heterocycles. The van der Waals surface area contributed by atoms with E-state index < -0.39 is 0 Å². The van der Waals surface area contributed by atoms with Crippen molar-refractivity contribution in [3.8, 4) is 0 Å². The van der Waals surface area contributed by atoms with Gasteiger partial charge in [-0.05, 0) is 36.6 Å². The maximum absolute atomic E-state index is 12.8. The van der Waals surface area contributed by atoms with Crippen LogP contribution in [0.2, 0.25) is 5.02 Å². The third-order valence-corrected chi connectivity index (χ3v) is 4.88. The molecule has 0 unspecified atom stereocenters. The summed E-state index contributed by atoms with van der Waals surface area (Å²) in [5.74, 6) is 0.607. The van der Waals surface area contributed by atoms with E-state index in [-0.39, 0.29) is 23.9 Å². The normalized spacial score (nSPS) is 12.1. The summed E-state index contributed by atoms with van der Waals surface area (Å²) < 4.78 is 0. The van der Waals surface area contributed by atoms with Crippen LogP contribution < -0.4 is 5.56 Å². The number of carbonyl (C=O) groups is 1. The lowest BCUT2D eigenvalue weighted by Gasteiger charge is -2.22. The number of hydrogen-bond donors (Lipinski definition) is 1. The van der Waals surface area contributed by atoms with Gasteiger partial charge in [-0.2, -0.15) is 0 Å². The number of halogens is 1. The van der Waals surface area contributed by atoms with Crippen molar-refractivity contribution in [1.82, 2.24) is 14.9 Å². The molecule has 0 saturated carbocycles. The van der Waals surface area contributed by atoms with Gasteiger partial charge in [0.15, 0.2) is 0 Å². The summed E-state index contributed by atoms with van der Waals surface area (Å²) >= 11 is 6.01. The Morgan fingerprint density at radius 1 is 1.22 bits per heavy atom. The van der Waals surface area contributed by atoms with Crippen molar-refractivity contribution < 1.29 is 4.79 Å². The number of H-pyrrole nitrogens is 1. The molecule has 6 heteroatoms. The number of aromatic amines is 1. The number of nitrogens with one attached hydrogen (secondary N) is 1. The highest BCUT2D eigenvalue weighted by Gasteiger charge is 2.18. The van der Waals surface area contributed by atoms with Crippen molar-refractivity contribution >= 4 is 28.4 Å². The van der Waals surface area contributed by atoms with Gasteiger partial charge in [-0.3, -0.25) is 9.59 Å². The first kappa shape index (κ1) is 19.1. The summed E-state index contributed by atoms with van der Waals surface area (Å²) in [4.78, 5) is 34.0. The Kier molecular flexibility index (Phi) is 5.91. The molecule has 140 valence electrons. The second kappa shape index (κ2) is 8.35. The highest BCUT2D eigenvalue weighted by Crippen LogP contribution is 2.20. The van der Waals surface area contributed by atoms with Gasteiger partial charge in [-0.15, -0.1) is 0 Å². The number of benzene rings is 2. The number of amides is 1. The van der Waals surface area contributed by atoms with Crippen molar-refractivity contribution in [1.29, 1.82) is 0 Å². The fraction of sp³-hybridized carbons (Fsp3) is 0.286. The molecule has 0 aliphatic heterocycles. The van der Waals surface area contributed by atoms with Gasteiger partial charge < -0.3 is 9.88 Å². The second-order valence-corrected chi connectivity index (χ2v) is 7.03. The number of rotatable bonds is 6. The lowest BCUT2D eigenvalue weighted by Crippen LogP contribution is -2.32. The Morgan fingerprint density at radius 3 is 2.67 bits per heavy atom. The number of hydrogen-bond acceptors (Lipinski definition) is 3. The Hall–Kier alpha value is -2.66. The van der Waals surface area contributed by atoms with Crippen LogP contribution in [-0.2, 0) is 11.3 Å². The Balaban J connectivity index is 1.77. The van der Waals surface area contributed by atoms with Crippen molar-refractivity contribution in [2.24, 2.45) is 0 Å². The minimum absolute atomic E-state index is 0.0303. The molecule has 3 rings (SSSR count). The molecule has 27 heavy (non-hydrogen) atoms. The molecule has 2 aromatic carbocycles. The van der Waals surface area contributed by atoms with Crippen LogP contribution in [0.4, 0.5) is 0 Å². The molecule has 1 aromatic heterocycles. The van der Waals surface area contributed by atoms with Gasteiger partial charge in [0.05, 0.1) is 17.4 Å². The smallest absolute Gasteiger partial charge is 0.258 e. The van der Waals surface area contributed by atoms with Gasteiger partial charge >= 0.3 is 0 Å². The summed E-state index contributed by atoms with van der Waals surface area (Å²) in [6.07, 6.45) is 0.404. The van der Waals surface area contributed by atoms with Crippen LogP contribution in [0.15, 0.2) is 53.3 Å². The van der Waals surface area contributed by atoms with E-state index >= 15 is 0 Å². The van der Waals surface area contributed by atoms with Gasteiger partial charge in [-0.25, -0.2) is 4.98 Å². The lowest BCUT2D eigenvalue weighted by molar-refractivity contribution is -0.132. The van der Waals surface area contributed by atoms with E-state index in [2.05, 4.69) is 9.97 Å². The average Bonchev–Trinajstić information content (AvgIpc) is 2.66. The summed E-state index contributed by atoms with van der Waals surface area (Å²) in [5, 5.41) is 1.00. The molecule has 0 spiro atoms. The highest BCUT2D eigenvalue weighted by molar-refractivity contribution is 6.31. The van der Waals surface area contributed by atoms with Gasteiger partial charge in [0, 0.05) is 18.0 Å². The minimum atomic E-state index is -0.229. The first-order valence-electron chi connectivity index (χ1n) is 8.99. The fourth-order valence-corrected chi connectivity index (χ4v) is 3.25. The van der Waals surface area contributed by atoms with Crippen LogP contribution in [0, 0.1) is 0 Å². The van der Waals surface area contributed by atoms with Crippen LogP contribution in [-0.4, -0.2) is 27.3 Å². The second-order valence-electron chi connectivity index (χ2n) is 6.60. The Labute approximate surface area is 163 Å². The SMILES string of the molecule is CCN(Cc1nc2cc(Cl)ccc2c(=O)[nH]1)C(=O)C[C@H](C)c1ccccc1. The molecule has 1 atom stereocenters. The largest absolute Gasteiger partial charge is 0.335 e. The van der Waals surface area contributed by atoms with Gasteiger partial charge in [-0.1, -0.05) is 48.9 Å². The van der Waals surface area contributed by atoms with E-state index in [1.807, 2.05) is 44.2 Å². The van der Waals surface area contributed by atoms with Crippen molar-refractivity contribution in [3.05, 3.63) is 75.3 Å². The van der Waals surface area contributed by atoms with Gasteiger partial charge in [0.1, 0.15) is 5.82 Å². The molecule has 1 amide bonds. The van der Waals surface area contributed by atoms with Crippen LogP contribution >= 0.6 is 11.6 Å². The molecule has 5 nitrogen and oxygen atoms in total. The van der Waals surface area contributed by atoms with Gasteiger partial charge in [0.25, 0.3) is 5.56 Å². The molecular formula is C21H22ClN3O2. The zero-order valence-electron chi connectivity index (χ0n) is 15.4. The van der Waals surface area contributed by atoms with Crippen molar-refractivity contribution in [3.63, 3.8) is 0 Å². The fourth-order valence-electron chi connectivity index (χ4n) is 3.08. The third-order valence-electron chi connectivity index (χ3n) is 4.64. The number of fused-ring (bicyclic) bond motifs is 1. The summed E-state index contributed by atoms with van der Waals surface area (Å²) in [6, 6.07) is 14.9. The number of carbonyl (C=O) groups excluding carboxylic acids is 1. The predicted octanol–water partition coefficient (Wildman–Crippen LogP) is 4.12. The predicted molar refractivity (Wildman–Crippen MR) is 108 cm³/mol. The van der Waals surface area contributed by atoms with Crippen molar-refractivity contribution in [2.45, 2.75) is 32.7 Å². The first-order valence-corrected chi connectivity index (χ1v) is 9.37. The maximum atomic E-state index is 12.8. The minimum Gasteiger partial charge on any atom is -0.335 e. The third kappa shape index (κ3) is 4.55. The molecule has 0 fully saturated rings. The molecule has 0 aliphatic carbocycles. The Morgan fingerprint density at radius 2 is 1.96 bits per heavy atom. The molecule has 1 N–H and O–H groups in total. The quantitative estimate of drug-likeness (QED) is 0.696. The number of aromatic nitrogens is 2.